The van der Waals surface area contributed by atoms with Crippen molar-refractivity contribution in [3.8, 4) is 0 Å². The molecule has 8 heteroatoms. The number of halogens is 2. The molecule has 1 heterocycles. The third-order valence-electron chi connectivity index (χ3n) is 4.70. The van der Waals surface area contributed by atoms with Crippen molar-refractivity contribution < 1.29 is 18.3 Å². The van der Waals surface area contributed by atoms with E-state index in [-0.39, 0.29) is 27.3 Å². The van der Waals surface area contributed by atoms with Crippen LogP contribution in [0.3, 0.4) is 0 Å². The Morgan fingerprint density at radius 2 is 1.93 bits per heavy atom. The van der Waals surface area contributed by atoms with Crippen molar-refractivity contribution in [3.63, 3.8) is 0 Å². The van der Waals surface area contributed by atoms with E-state index in [0.29, 0.717) is 25.1 Å². The molecule has 1 saturated heterocycles. The van der Waals surface area contributed by atoms with Crippen LogP contribution in [0.4, 0.5) is 0 Å². The number of carbonyl (C=O) groups is 1. The maximum absolute atomic E-state index is 13.1. The summed E-state index contributed by atoms with van der Waals surface area (Å²) in [5, 5.41) is 9.21. The van der Waals surface area contributed by atoms with Gasteiger partial charge < -0.3 is 5.11 Å². The third-order valence-corrected chi connectivity index (χ3v) is 7.53. The maximum Gasteiger partial charge on any atom is 0.307 e. The molecule has 0 aliphatic carbocycles. The summed E-state index contributed by atoms with van der Waals surface area (Å²) in [7, 11) is -3.76. The molecule has 1 aliphatic heterocycles. The van der Waals surface area contributed by atoms with Gasteiger partial charge in [0.1, 0.15) is 4.90 Å². The lowest BCUT2D eigenvalue weighted by atomic mass is 9.90. The average molecular weight is 428 g/mol. The monoisotopic (exact) mass is 427 g/mol. The third kappa shape index (κ3) is 4.46. The molecule has 0 amide bonds. The molecule has 0 radical (unpaired) electrons. The molecule has 144 valence electrons. The van der Waals surface area contributed by atoms with Crippen LogP contribution < -0.4 is 0 Å². The number of benzene rings is 2. The highest BCUT2D eigenvalue weighted by atomic mass is 35.5. The lowest BCUT2D eigenvalue weighted by Crippen LogP contribution is -2.39. The number of carboxylic acid groups (broad SMARTS) is 1. The number of aliphatic carboxylic acids is 1. The van der Waals surface area contributed by atoms with Gasteiger partial charge in [-0.1, -0.05) is 53.5 Å². The van der Waals surface area contributed by atoms with Gasteiger partial charge in [-0.3, -0.25) is 4.79 Å². The molecular weight excluding hydrogens is 409 g/mol. The zero-order valence-corrected chi connectivity index (χ0v) is 16.8. The van der Waals surface area contributed by atoms with Crippen LogP contribution in [0.15, 0.2) is 47.4 Å². The molecule has 3 rings (SSSR count). The van der Waals surface area contributed by atoms with E-state index in [0.717, 1.165) is 12.0 Å². The van der Waals surface area contributed by atoms with Crippen molar-refractivity contribution in [2.45, 2.75) is 30.1 Å². The van der Waals surface area contributed by atoms with Crippen LogP contribution in [0.1, 0.15) is 29.9 Å². The minimum absolute atomic E-state index is 0.000213. The van der Waals surface area contributed by atoms with Crippen LogP contribution in [-0.2, 0) is 21.2 Å². The Morgan fingerprint density at radius 1 is 1.19 bits per heavy atom. The number of piperidine rings is 1. The second-order valence-corrected chi connectivity index (χ2v) is 9.26. The molecule has 0 saturated carbocycles. The number of rotatable bonds is 5. The van der Waals surface area contributed by atoms with Crippen molar-refractivity contribution >= 4 is 39.2 Å². The maximum atomic E-state index is 13.1. The van der Waals surface area contributed by atoms with E-state index in [4.69, 9.17) is 28.3 Å². The highest BCUT2D eigenvalue weighted by molar-refractivity contribution is 7.89. The smallest absolute Gasteiger partial charge is 0.307 e. The molecule has 0 aromatic heterocycles. The molecule has 0 bridgehead atoms. The van der Waals surface area contributed by atoms with E-state index in [1.807, 2.05) is 18.2 Å². The summed E-state index contributed by atoms with van der Waals surface area (Å²) in [4.78, 5) is 11.0. The second kappa shape index (κ2) is 8.19. The van der Waals surface area contributed by atoms with E-state index in [2.05, 4.69) is 0 Å². The molecular formula is C19H19Cl2NO4S. The van der Waals surface area contributed by atoms with Crippen LogP contribution in [0, 0.1) is 0 Å². The van der Waals surface area contributed by atoms with E-state index in [1.165, 1.54) is 10.4 Å². The van der Waals surface area contributed by atoms with Crippen LogP contribution in [-0.4, -0.2) is 36.9 Å². The molecule has 1 fully saturated rings. The molecule has 1 unspecified atom stereocenters. The van der Waals surface area contributed by atoms with Gasteiger partial charge >= 0.3 is 5.97 Å². The van der Waals surface area contributed by atoms with E-state index in [9.17, 15) is 13.2 Å². The summed E-state index contributed by atoms with van der Waals surface area (Å²) >= 11 is 12.1. The second-order valence-electron chi connectivity index (χ2n) is 6.57. The van der Waals surface area contributed by atoms with Crippen molar-refractivity contribution in [2.75, 3.05) is 13.1 Å². The van der Waals surface area contributed by atoms with Crippen molar-refractivity contribution in [1.82, 2.24) is 4.31 Å². The zero-order chi connectivity index (χ0) is 19.6. The Kier molecular flexibility index (Phi) is 6.11. The largest absolute Gasteiger partial charge is 0.481 e. The Labute approximate surface area is 168 Å². The van der Waals surface area contributed by atoms with Crippen LogP contribution in [0.2, 0.25) is 10.0 Å². The van der Waals surface area contributed by atoms with Crippen molar-refractivity contribution in [3.05, 3.63) is 63.6 Å². The molecule has 5 nitrogen and oxygen atoms in total. The van der Waals surface area contributed by atoms with E-state index >= 15 is 0 Å². The molecule has 2 aromatic rings. The lowest BCUT2D eigenvalue weighted by Gasteiger charge is -2.32. The molecule has 2 aromatic carbocycles. The summed E-state index contributed by atoms with van der Waals surface area (Å²) < 4.78 is 27.5. The quantitative estimate of drug-likeness (QED) is 0.775. The number of hydrogen-bond donors (Lipinski definition) is 1. The molecule has 0 spiro atoms. The van der Waals surface area contributed by atoms with Crippen molar-refractivity contribution in [2.24, 2.45) is 0 Å². The van der Waals surface area contributed by atoms with Crippen LogP contribution in [0.5, 0.6) is 0 Å². The predicted octanol–water partition coefficient (Wildman–Crippen LogP) is 4.19. The fraction of sp³-hybridized carbons (Fsp3) is 0.316. The minimum atomic E-state index is -3.76. The Morgan fingerprint density at radius 3 is 2.67 bits per heavy atom. The van der Waals surface area contributed by atoms with Gasteiger partial charge in [-0.15, -0.1) is 0 Å². The fourth-order valence-electron chi connectivity index (χ4n) is 3.39. The van der Waals surface area contributed by atoms with Gasteiger partial charge in [0.2, 0.25) is 10.0 Å². The lowest BCUT2D eigenvalue weighted by molar-refractivity contribution is -0.136. The average Bonchev–Trinajstić information content (AvgIpc) is 2.63. The summed E-state index contributed by atoms with van der Waals surface area (Å²) in [6.45, 7) is 0.734. The fourth-order valence-corrected chi connectivity index (χ4v) is 5.65. The first-order valence-corrected chi connectivity index (χ1v) is 10.7. The summed E-state index contributed by atoms with van der Waals surface area (Å²) in [5.74, 6) is -0.893. The van der Waals surface area contributed by atoms with Gasteiger partial charge in [0.15, 0.2) is 0 Å². The van der Waals surface area contributed by atoms with Crippen molar-refractivity contribution in [1.29, 1.82) is 0 Å². The minimum Gasteiger partial charge on any atom is -0.481 e. The van der Waals surface area contributed by atoms with Gasteiger partial charge in [-0.05, 0) is 42.0 Å². The highest BCUT2D eigenvalue weighted by Gasteiger charge is 2.32. The van der Waals surface area contributed by atoms with E-state index < -0.39 is 16.0 Å². The molecule has 1 atom stereocenters. The summed E-state index contributed by atoms with van der Waals surface area (Å²) in [6, 6.07) is 11.9. The van der Waals surface area contributed by atoms with Gasteiger partial charge in [0.05, 0.1) is 16.5 Å². The van der Waals surface area contributed by atoms with Gasteiger partial charge in [0.25, 0.3) is 0 Å². The number of carboxylic acids is 1. The van der Waals surface area contributed by atoms with Gasteiger partial charge in [-0.2, -0.15) is 4.31 Å². The summed E-state index contributed by atoms with van der Waals surface area (Å²) in [6.07, 6.45) is 1.50. The Bertz CT molecular complexity index is 962. The number of nitrogens with zero attached hydrogens (tertiary/aromatic N) is 1. The Hall–Kier alpha value is -1.60. The van der Waals surface area contributed by atoms with Crippen LogP contribution >= 0.6 is 23.2 Å². The topological polar surface area (TPSA) is 74.7 Å². The predicted molar refractivity (Wildman–Crippen MR) is 105 cm³/mol. The zero-order valence-electron chi connectivity index (χ0n) is 14.4. The summed E-state index contributed by atoms with van der Waals surface area (Å²) in [5.41, 5.74) is 1.66. The van der Waals surface area contributed by atoms with E-state index in [1.54, 1.807) is 18.2 Å². The first-order valence-electron chi connectivity index (χ1n) is 8.54. The molecule has 1 aliphatic rings. The first-order chi connectivity index (χ1) is 12.8. The van der Waals surface area contributed by atoms with Gasteiger partial charge in [-0.25, -0.2) is 8.42 Å². The molecule has 27 heavy (non-hydrogen) atoms. The first kappa shape index (κ1) is 20.1. The number of sulfonamides is 1. The number of hydrogen-bond acceptors (Lipinski definition) is 3. The SMILES string of the molecule is O=C(O)Cc1cccc(C2CCCN(S(=O)(=O)c3cccc(Cl)c3Cl)C2)c1. The standard InChI is InChI=1S/C19H19Cl2NO4S/c20-16-7-2-8-17(19(16)21)27(25,26)22-9-3-6-15(12-22)14-5-1-4-13(10-14)11-18(23)24/h1-2,4-5,7-8,10,15H,3,6,9,11-12H2,(H,23,24). The van der Waals surface area contributed by atoms with Crippen LogP contribution in [0.25, 0.3) is 0 Å². The molecule has 1 N–H and O–H groups in total. The van der Waals surface area contributed by atoms with Gasteiger partial charge in [0, 0.05) is 13.1 Å². The normalized spacial score (nSPS) is 18.4. The Balaban J connectivity index is 1.86. The highest BCUT2D eigenvalue weighted by Crippen LogP contribution is 2.35.